The van der Waals surface area contributed by atoms with Crippen molar-refractivity contribution in [2.75, 3.05) is 6.54 Å². The second-order valence-corrected chi connectivity index (χ2v) is 7.37. The van der Waals surface area contributed by atoms with Crippen molar-refractivity contribution in [3.8, 4) is 17.1 Å². The topological polar surface area (TPSA) is 119 Å². The highest BCUT2D eigenvalue weighted by atomic mass is 19.4. The van der Waals surface area contributed by atoms with Crippen LogP contribution in [0.5, 0.6) is 5.75 Å². The highest BCUT2D eigenvalue weighted by Crippen LogP contribution is 2.34. The van der Waals surface area contributed by atoms with E-state index in [-0.39, 0.29) is 36.2 Å². The van der Waals surface area contributed by atoms with Crippen LogP contribution in [0, 0.1) is 5.21 Å². The first kappa shape index (κ1) is 22.2. The van der Waals surface area contributed by atoms with E-state index in [2.05, 4.69) is 14.9 Å². The van der Waals surface area contributed by atoms with E-state index in [1.807, 2.05) is 4.90 Å². The summed E-state index contributed by atoms with van der Waals surface area (Å²) >= 11 is 0. The first-order valence-corrected chi connectivity index (χ1v) is 9.62. The second kappa shape index (κ2) is 8.84. The van der Waals surface area contributed by atoms with E-state index in [0.717, 1.165) is 0 Å². The Hall–Kier alpha value is -3.03. The lowest BCUT2D eigenvalue weighted by Gasteiger charge is -2.21. The molecule has 0 radical (unpaired) electrons. The highest BCUT2D eigenvalue weighted by Gasteiger charge is 2.36. The molecule has 4 rings (SSSR count). The van der Waals surface area contributed by atoms with Crippen LogP contribution in [0.4, 0.5) is 18.9 Å². The lowest BCUT2D eigenvalue weighted by Crippen LogP contribution is -2.99. The number of β-amino-alcohol motifs (C(OH)–C–C–N with tert-alkyl or cyclic N) is 1. The number of alkyl halides is 3. The van der Waals surface area contributed by atoms with Gasteiger partial charge in [0.2, 0.25) is 11.7 Å². The summed E-state index contributed by atoms with van der Waals surface area (Å²) in [6.07, 6.45) is -5.17. The average molecular weight is 452 g/mol. The number of aliphatic hydroxyl groups excluding tert-OH is 1. The zero-order valence-electron chi connectivity index (χ0n) is 16.5. The Morgan fingerprint density at radius 3 is 2.75 bits per heavy atom. The number of ether oxygens (including phenoxy) is 1. The summed E-state index contributed by atoms with van der Waals surface area (Å²) in [7, 11) is 0. The van der Waals surface area contributed by atoms with Gasteiger partial charge in [0.25, 0.3) is 0 Å². The Balaban J connectivity index is 1.53. The van der Waals surface area contributed by atoms with Crippen molar-refractivity contribution in [3.63, 3.8) is 0 Å². The minimum absolute atomic E-state index is 0.0766. The molecule has 3 N–H and O–H groups in total. The van der Waals surface area contributed by atoms with E-state index in [1.54, 1.807) is 18.2 Å². The predicted molar refractivity (Wildman–Crippen MR) is 102 cm³/mol. The molecule has 3 aromatic rings. The van der Waals surface area contributed by atoms with Crippen LogP contribution < -0.4 is 9.96 Å². The monoisotopic (exact) mass is 452 g/mol. The minimum atomic E-state index is -4.79. The molecule has 1 fully saturated rings. The third-order valence-electron chi connectivity index (χ3n) is 4.99. The Morgan fingerprint density at radius 1 is 1.22 bits per heavy atom. The largest absolute Gasteiger partial charge is 0.595 e. The van der Waals surface area contributed by atoms with Gasteiger partial charge in [0.05, 0.1) is 12.1 Å². The van der Waals surface area contributed by atoms with E-state index < -0.39 is 23.7 Å². The number of hydrogen-bond donors (Lipinski definition) is 3. The molecule has 2 aromatic carbocycles. The molecule has 0 bridgehead atoms. The fraction of sp³-hybridized carbons (Fsp3) is 0.300. The minimum Gasteiger partial charge on any atom is -0.595 e. The molecule has 9 nitrogen and oxygen atoms in total. The number of likely N-dealkylation sites (tertiary alicyclic amines) is 1. The van der Waals surface area contributed by atoms with E-state index in [9.17, 15) is 23.5 Å². The van der Waals surface area contributed by atoms with Crippen molar-refractivity contribution >= 4 is 5.69 Å². The summed E-state index contributed by atoms with van der Waals surface area (Å²) in [5, 5.41) is 33.3. The molecule has 2 heterocycles. The predicted octanol–water partition coefficient (Wildman–Crippen LogP) is 2.35. The lowest BCUT2D eigenvalue weighted by atomic mass is 10.1. The van der Waals surface area contributed by atoms with Crippen molar-refractivity contribution in [2.45, 2.75) is 31.5 Å². The van der Waals surface area contributed by atoms with Crippen LogP contribution in [0.3, 0.4) is 0 Å². The molecular formula is C20H19F3N4O5. The molecular weight excluding hydrogens is 433 g/mol. The lowest BCUT2D eigenvalue weighted by molar-refractivity contribution is -0.991. The molecule has 0 saturated carbocycles. The van der Waals surface area contributed by atoms with Gasteiger partial charge in [-0.3, -0.25) is 4.90 Å². The summed E-state index contributed by atoms with van der Waals surface area (Å²) in [5.74, 6) is 0.0923. The zero-order chi connectivity index (χ0) is 22.9. The van der Waals surface area contributed by atoms with Gasteiger partial charge in [-0.2, -0.15) is 10.2 Å². The number of hydrogen-bond acceptors (Lipinski definition) is 8. The second-order valence-electron chi connectivity index (χ2n) is 7.37. The summed E-state index contributed by atoms with van der Waals surface area (Å²) in [4.78, 5) is 6.18. The molecule has 1 aliphatic heterocycles. The molecule has 0 aliphatic carbocycles. The van der Waals surface area contributed by atoms with E-state index >= 15 is 0 Å². The van der Waals surface area contributed by atoms with Gasteiger partial charge in [-0.1, -0.05) is 29.4 Å². The Kier molecular flexibility index (Phi) is 6.13. The average Bonchev–Trinajstić information content (AvgIpc) is 3.34. The van der Waals surface area contributed by atoms with Crippen LogP contribution in [0.2, 0.25) is 0 Å². The van der Waals surface area contributed by atoms with Crippen LogP contribution >= 0.6 is 0 Å². The number of nitrogens with zero attached hydrogens (tertiary/aromatic N) is 3. The van der Waals surface area contributed by atoms with Gasteiger partial charge in [-0.05, 0) is 24.1 Å². The van der Waals surface area contributed by atoms with E-state index in [0.29, 0.717) is 17.5 Å². The number of benzene rings is 2. The number of halogens is 3. The van der Waals surface area contributed by atoms with Gasteiger partial charge < -0.3 is 19.6 Å². The fourth-order valence-electron chi connectivity index (χ4n) is 3.67. The summed E-state index contributed by atoms with van der Waals surface area (Å²) in [5.41, 5.74) is 1.09. The maximum Gasteiger partial charge on any atom is 0.573 e. The molecule has 1 saturated heterocycles. The van der Waals surface area contributed by atoms with Crippen LogP contribution in [-0.2, 0) is 6.54 Å². The molecule has 1 aromatic heterocycles. The SMILES string of the molecule is [O-][NH+](O)c1cccc(-c2noc(C3CC(O)CN3Cc3cccc(OC(F)(F)F)c3)n2)c1. The summed E-state index contributed by atoms with van der Waals surface area (Å²) < 4.78 is 46.8. The van der Waals surface area contributed by atoms with Crippen molar-refractivity contribution in [3.05, 3.63) is 65.2 Å². The summed E-state index contributed by atoms with van der Waals surface area (Å²) in [6, 6.07) is 11.2. The summed E-state index contributed by atoms with van der Waals surface area (Å²) in [6.45, 7) is 0.490. The van der Waals surface area contributed by atoms with Crippen molar-refractivity contribution in [1.82, 2.24) is 15.0 Å². The Bertz CT molecular complexity index is 1080. The van der Waals surface area contributed by atoms with Crippen molar-refractivity contribution in [2.24, 2.45) is 0 Å². The van der Waals surface area contributed by atoms with Gasteiger partial charge >= 0.3 is 6.36 Å². The van der Waals surface area contributed by atoms with Gasteiger partial charge in [0.15, 0.2) is 5.69 Å². The number of aromatic nitrogens is 2. The Morgan fingerprint density at radius 2 is 2.00 bits per heavy atom. The standard InChI is InChI=1S/C20H19F3N4O5/c21-20(22,23)31-16-6-1-3-12(7-16)10-26-11-15(28)9-17(26)19-24-18(25-32-19)13-4-2-5-14(8-13)27(29)30/h1-8,15,17,27-29H,9-11H2. The van der Waals surface area contributed by atoms with Crippen LogP contribution in [0.1, 0.15) is 23.9 Å². The molecule has 12 heteroatoms. The first-order chi connectivity index (χ1) is 15.2. The third-order valence-corrected chi connectivity index (χ3v) is 4.99. The van der Waals surface area contributed by atoms with E-state index in [4.69, 9.17) is 9.73 Å². The maximum atomic E-state index is 12.5. The quantitative estimate of drug-likeness (QED) is 0.488. The van der Waals surface area contributed by atoms with Gasteiger partial charge in [-0.15, -0.1) is 13.2 Å². The molecule has 32 heavy (non-hydrogen) atoms. The van der Waals surface area contributed by atoms with Crippen LogP contribution in [-0.4, -0.2) is 44.4 Å². The molecule has 1 aliphatic rings. The Labute approximate surface area is 179 Å². The van der Waals surface area contributed by atoms with Crippen molar-refractivity contribution in [1.29, 1.82) is 0 Å². The molecule has 0 amide bonds. The maximum absolute atomic E-state index is 12.5. The molecule has 170 valence electrons. The van der Waals surface area contributed by atoms with E-state index in [1.165, 1.54) is 30.3 Å². The van der Waals surface area contributed by atoms with Crippen LogP contribution in [0.15, 0.2) is 53.1 Å². The smallest absolute Gasteiger partial charge is 0.573 e. The first-order valence-electron chi connectivity index (χ1n) is 9.62. The zero-order valence-corrected chi connectivity index (χ0v) is 16.5. The molecule has 0 spiro atoms. The normalized spacial score (nSPS) is 20.4. The molecule has 3 unspecified atom stereocenters. The number of nitrogens with one attached hydrogen (secondary N) is 1. The number of quaternary nitrogens is 1. The van der Waals surface area contributed by atoms with Crippen molar-refractivity contribution < 1.29 is 38.0 Å². The number of rotatable bonds is 6. The van der Waals surface area contributed by atoms with Crippen LogP contribution in [0.25, 0.3) is 11.4 Å². The van der Waals surface area contributed by atoms with Gasteiger partial charge in [0, 0.05) is 30.8 Å². The molecule has 3 atom stereocenters. The highest BCUT2D eigenvalue weighted by molar-refractivity contribution is 5.58. The number of aliphatic hydroxyl groups is 1. The van der Waals surface area contributed by atoms with Gasteiger partial charge in [-0.25, -0.2) is 5.21 Å². The fourth-order valence-corrected chi connectivity index (χ4v) is 3.67. The van der Waals surface area contributed by atoms with Gasteiger partial charge in [0.1, 0.15) is 5.75 Å². The third kappa shape index (κ3) is 5.23.